The summed E-state index contributed by atoms with van der Waals surface area (Å²) in [6, 6.07) is 10.3. The molecular formula is C19H32N2. The van der Waals surface area contributed by atoms with Crippen molar-refractivity contribution >= 4 is 0 Å². The summed E-state index contributed by atoms with van der Waals surface area (Å²) in [5.74, 6) is 0. The van der Waals surface area contributed by atoms with Crippen LogP contribution in [0.5, 0.6) is 0 Å². The number of rotatable bonds is 7. The summed E-state index contributed by atoms with van der Waals surface area (Å²) >= 11 is 0. The summed E-state index contributed by atoms with van der Waals surface area (Å²) in [6.07, 6.45) is 8.20. The average Bonchev–Trinajstić information content (AvgIpc) is 2.53. The lowest BCUT2D eigenvalue weighted by atomic mass is 9.94. The van der Waals surface area contributed by atoms with Gasteiger partial charge in [0.2, 0.25) is 0 Å². The molecule has 1 fully saturated rings. The van der Waals surface area contributed by atoms with Gasteiger partial charge < -0.3 is 10.2 Å². The molecule has 2 rings (SSSR count). The minimum atomic E-state index is 0.456. The normalized spacial score (nSPS) is 18.1. The van der Waals surface area contributed by atoms with E-state index in [1.807, 2.05) is 0 Å². The largest absolute Gasteiger partial charge is 0.309 e. The van der Waals surface area contributed by atoms with Gasteiger partial charge in [0.25, 0.3) is 0 Å². The highest BCUT2D eigenvalue weighted by Crippen LogP contribution is 2.24. The molecule has 1 aromatic carbocycles. The third-order valence-electron chi connectivity index (χ3n) is 4.79. The Morgan fingerprint density at radius 3 is 2.43 bits per heavy atom. The second kappa shape index (κ2) is 8.55. The Labute approximate surface area is 130 Å². The molecule has 1 unspecified atom stereocenters. The molecule has 1 N–H and O–H groups in total. The summed E-state index contributed by atoms with van der Waals surface area (Å²) in [5, 5.41) is 3.73. The van der Waals surface area contributed by atoms with E-state index in [1.54, 1.807) is 0 Å². The van der Waals surface area contributed by atoms with Crippen LogP contribution in [-0.2, 0) is 0 Å². The number of nitrogens with zero attached hydrogens (tertiary/aromatic N) is 1. The first-order valence-electron chi connectivity index (χ1n) is 8.71. The summed E-state index contributed by atoms with van der Waals surface area (Å²) in [5.41, 5.74) is 2.77. The highest BCUT2D eigenvalue weighted by molar-refractivity contribution is 5.24. The van der Waals surface area contributed by atoms with Gasteiger partial charge in [0.15, 0.2) is 0 Å². The van der Waals surface area contributed by atoms with Crippen LogP contribution in [-0.4, -0.2) is 31.1 Å². The number of nitrogens with one attached hydrogen (secondary N) is 1. The Hall–Kier alpha value is -0.860. The van der Waals surface area contributed by atoms with Crippen LogP contribution < -0.4 is 5.32 Å². The lowest BCUT2D eigenvalue weighted by molar-refractivity contribution is 0.174. The molecule has 1 aliphatic carbocycles. The number of hydrogen-bond acceptors (Lipinski definition) is 2. The fraction of sp³-hybridized carbons (Fsp3) is 0.684. The zero-order valence-corrected chi connectivity index (χ0v) is 14.1. The summed E-state index contributed by atoms with van der Waals surface area (Å²) < 4.78 is 0. The molecule has 2 heteroatoms. The van der Waals surface area contributed by atoms with Crippen LogP contribution in [0.15, 0.2) is 24.3 Å². The van der Waals surface area contributed by atoms with Crippen LogP contribution in [0.3, 0.4) is 0 Å². The van der Waals surface area contributed by atoms with Gasteiger partial charge in [-0.25, -0.2) is 0 Å². The molecule has 0 amide bonds. The average molecular weight is 288 g/mol. The van der Waals surface area contributed by atoms with Crippen LogP contribution in [0.25, 0.3) is 0 Å². The highest BCUT2D eigenvalue weighted by atomic mass is 15.2. The molecule has 1 saturated carbocycles. The Morgan fingerprint density at radius 2 is 1.81 bits per heavy atom. The fourth-order valence-electron chi connectivity index (χ4n) is 3.36. The van der Waals surface area contributed by atoms with Gasteiger partial charge in [-0.3, -0.25) is 0 Å². The first-order chi connectivity index (χ1) is 10.2. The summed E-state index contributed by atoms with van der Waals surface area (Å²) in [4.78, 5) is 2.59. The SMILES string of the molecule is CCCNC(CN(C)C1CCCCC1)c1ccc(C)cc1. The first kappa shape index (κ1) is 16.5. The lowest BCUT2D eigenvalue weighted by Gasteiger charge is -2.34. The van der Waals surface area contributed by atoms with Gasteiger partial charge in [0.1, 0.15) is 0 Å². The van der Waals surface area contributed by atoms with Crippen molar-refractivity contribution in [1.82, 2.24) is 10.2 Å². The van der Waals surface area contributed by atoms with Crippen molar-refractivity contribution in [2.24, 2.45) is 0 Å². The number of benzene rings is 1. The van der Waals surface area contributed by atoms with Crippen LogP contribution in [0.2, 0.25) is 0 Å². The van der Waals surface area contributed by atoms with Gasteiger partial charge in [-0.2, -0.15) is 0 Å². The smallest absolute Gasteiger partial charge is 0.0449 e. The van der Waals surface area contributed by atoms with Gasteiger partial charge >= 0.3 is 0 Å². The van der Waals surface area contributed by atoms with Crippen LogP contribution >= 0.6 is 0 Å². The highest BCUT2D eigenvalue weighted by Gasteiger charge is 2.21. The molecule has 1 atom stereocenters. The van der Waals surface area contributed by atoms with Gasteiger partial charge in [0.05, 0.1) is 0 Å². The minimum Gasteiger partial charge on any atom is -0.309 e. The Morgan fingerprint density at radius 1 is 1.14 bits per heavy atom. The molecule has 0 bridgehead atoms. The second-order valence-electron chi connectivity index (χ2n) is 6.65. The number of likely N-dealkylation sites (N-methyl/N-ethyl adjacent to an activating group) is 1. The lowest BCUT2D eigenvalue weighted by Crippen LogP contribution is -2.40. The van der Waals surface area contributed by atoms with Crippen LogP contribution in [0.4, 0.5) is 0 Å². The maximum absolute atomic E-state index is 3.73. The van der Waals surface area contributed by atoms with Crippen molar-refractivity contribution in [3.8, 4) is 0 Å². The van der Waals surface area contributed by atoms with Crippen molar-refractivity contribution in [2.75, 3.05) is 20.1 Å². The molecule has 0 heterocycles. The molecule has 21 heavy (non-hydrogen) atoms. The predicted octanol–water partition coefficient (Wildman–Crippen LogP) is 4.30. The fourth-order valence-corrected chi connectivity index (χ4v) is 3.36. The van der Waals surface area contributed by atoms with Gasteiger partial charge in [-0.1, -0.05) is 56.0 Å². The zero-order valence-electron chi connectivity index (χ0n) is 14.1. The molecule has 1 aromatic rings. The van der Waals surface area contributed by atoms with Gasteiger partial charge in [-0.05, 0) is 45.3 Å². The van der Waals surface area contributed by atoms with E-state index >= 15 is 0 Å². The monoisotopic (exact) mass is 288 g/mol. The zero-order chi connectivity index (χ0) is 15.1. The molecule has 0 radical (unpaired) electrons. The molecule has 118 valence electrons. The quantitative estimate of drug-likeness (QED) is 0.804. The van der Waals surface area contributed by atoms with Crippen molar-refractivity contribution in [3.05, 3.63) is 35.4 Å². The number of hydrogen-bond donors (Lipinski definition) is 1. The Bertz CT molecular complexity index is 393. The van der Waals surface area contributed by atoms with Crippen LogP contribution in [0.1, 0.15) is 62.6 Å². The van der Waals surface area contributed by atoms with Gasteiger partial charge in [-0.15, -0.1) is 0 Å². The van der Waals surface area contributed by atoms with Crippen molar-refractivity contribution in [3.63, 3.8) is 0 Å². The van der Waals surface area contributed by atoms with E-state index in [2.05, 4.69) is 55.4 Å². The third-order valence-corrected chi connectivity index (χ3v) is 4.79. The molecular weight excluding hydrogens is 256 g/mol. The summed E-state index contributed by atoms with van der Waals surface area (Å²) in [6.45, 7) is 6.61. The Kier molecular flexibility index (Phi) is 6.72. The third kappa shape index (κ3) is 5.12. The van der Waals surface area contributed by atoms with Crippen LogP contribution in [0, 0.1) is 6.92 Å². The Balaban J connectivity index is 1.99. The molecule has 1 aliphatic rings. The molecule has 0 spiro atoms. The van der Waals surface area contributed by atoms with E-state index in [1.165, 1.54) is 49.7 Å². The summed E-state index contributed by atoms with van der Waals surface area (Å²) in [7, 11) is 2.31. The van der Waals surface area contributed by atoms with Gasteiger partial charge in [0, 0.05) is 18.6 Å². The minimum absolute atomic E-state index is 0.456. The van der Waals surface area contributed by atoms with E-state index in [9.17, 15) is 0 Å². The second-order valence-corrected chi connectivity index (χ2v) is 6.65. The van der Waals surface area contributed by atoms with Crippen molar-refractivity contribution in [1.29, 1.82) is 0 Å². The van der Waals surface area contributed by atoms with E-state index in [-0.39, 0.29) is 0 Å². The predicted molar refractivity (Wildman–Crippen MR) is 91.7 cm³/mol. The maximum Gasteiger partial charge on any atom is 0.0449 e. The van der Waals surface area contributed by atoms with E-state index in [4.69, 9.17) is 0 Å². The van der Waals surface area contributed by atoms with E-state index in [0.717, 1.165) is 19.1 Å². The standard InChI is InChI=1S/C19H32N2/c1-4-14-20-19(17-12-10-16(2)11-13-17)15-21(3)18-8-6-5-7-9-18/h10-13,18-20H,4-9,14-15H2,1-3H3. The number of aryl methyl sites for hydroxylation is 1. The van der Waals surface area contributed by atoms with Crippen molar-refractivity contribution in [2.45, 2.75) is 64.5 Å². The topological polar surface area (TPSA) is 15.3 Å². The molecule has 0 saturated heterocycles. The van der Waals surface area contributed by atoms with E-state index in [0.29, 0.717) is 6.04 Å². The molecule has 0 aromatic heterocycles. The first-order valence-corrected chi connectivity index (χ1v) is 8.71. The molecule has 0 aliphatic heterocycles. The van der Waals surface area contributed by atoms with E-state index < -0.39 is 0 Å². The maximum atomic E-state index is 3.73. The molecule has 2 nitrogen and oxygen atoms in total. The van der Waals surface area contributed by atoms with Crippen molar-refractivity contribution < 1.29 is 0 Å².